The van der Waals surface area contributed by atoms with Crippen molar-refractivity contribution in [2.75, 3.05) is 23.0 Å². The average Bonchev–Trinajstić information content (AvgIpc) is 2.91. The molecular weight excluding hydrogens is 441 g/mol. The highest BCUT2D eigenvalue weighted by Crippen LogP contribution is 2.63. The van der Waals surface area contributed by atoms with Crippen LogP contribution in [-0.4, -0.2) is 39.8 Å². The van der Waals surface area contributed by atoms with Gasteiger partial charge in [0.25, 0.3) is 0 Å². The van der Waals surface area contributed by atoms with Crippen LogP contribution < -0.4 is 0 Å². The topological polar surface area (TPSA) is 68.3 Å². The molecular formula is C10H8O4S8. The standard InChI is InChI=1S/C10H8O4S8/c11-21(12)7-5(15-1-3-17-7)19-9(21)10-20-6-8(22(10,13)14)18-4-2-16-6/h1-4H2/b10-9-. The van der Waals surface area contributed by atoms with Crippen LogP contribution in [0.5, 0.6) is 0 Å². The molecule has 4 nitrogen and oxygen atoms in total. The molecule has 0 bridgehead atoms. The van der Waals surface area contributed by atoms with E-state index in [0.717, 1.165) is 55.0 Å². The predicted molar refractivity (Wildman–Crippen MR) is 104 cm³/mol. The first-order chi connectivity index (χ1) is 10.4. The van der Waals surface area contributed by atoms with Gasteiger partial charge in [0, 0.05) is 23.0 Å². The molecule has 0 amide bonds. The first-order valence-corrected chi connectivity index (χ1v) is 14.6. The van der Waals surface area contributed by atoms with Gasteiger partial charge in [0.05, 0.1) is 8.47 Å². The SMILES string of the molecule is O=S1(=O)C2=C(SCCS2)S/C1=C1\SC2=C(SCCS2)S1(=O)=O. The van der Waals surface area contributed by atoms with Gasteiger partial charge in [-0.15, -0.1) is 47.0 Å². The van der Waals surface area contributed by atoms with Gasteiger partial charge in [0.15, 0.2) is 0 Å². The lowest BCUT2D eigenvalue weighted by molar-refractivity contribution is 0.607. The lowest BCUT2D eigenvalue weighted by Gasteiger charge is -2.09. The molecule has 0 unspecified atom stereocenters. The maximum absolute atomic E-state index is 12.7. The lowest BCUT2D eigenvalue weighted by atomic mass is 11.0. The van der Waals surface area contributed by atoms with E-state index in [4.69, 9.17) is 0 Å². The summed E-state index contributed by atoms with van der Waals surface area (Å²) >= 11 is 7.87. The Hall–Kier alpha value is 1.22. The molecule has 0 aromatic rings. The molecule has 4 aliphatic rings. The Bertz CT molecular complexity index is 789. The number of sulfone groups is 2. The van der Waals surface area contributed by atoms with Crippen LogP contribution in [0, 0.1) is 0 Å². The molecule has 0 fully saturated rings. The quantitative estimate of drug-likeness (QED) is 0.548. The summed E-state index contributed by atoms with van der Waals surface area (Å²) in [6.07, 6.45) is 0. The van der Waals surface area contributed by atoms with Crippen LogP contribution in [0.1, 0.15) is 0 Å². The minimum absolute atomic E-state index is 0.0139. The summed E-state index contributed by atoms with van der Waals surface area (Å²) in [6, 6.07) is 0. The zero-order valence-corrected chi connectivity index (χ0v) is 17.3. The Morgan fingerprint density at radius 3 is 1.27 bits per heavy atom. The van der Waals surface area contributed by atoms with Crippen molar-refractivity contribution in [1.82, 2.24) is 0 Å². The molecule has 4 aliphatic heterocycles. The molecule has 22 heavy (non-hydrogen) atoms. The number of hydrogen-bond donors (Lipinski definition) is 0. The Morgan fingerprint density at radius 1 is 0.545 bits per heavy atom. The summed E-state index contributed by atoms with van der Waals surface area (Å²) in [5.41, 5.74) is 0. The zero-order chi connectivity index (χ0) is 15.5. The molecule has 0 saturated heterocycles. The van der Waals surface area contributed by atoms with Gasteiger partial charge in [0.1, 0.15) is 16.9 Å². The number of thioether (sulfide) groups is 6. The van der Waals surface area contributed by atoms with Gasteiger partial charge in [-0.1, -0.05) is 23.5 Å². The smallest absolute Gasteiger partial charge is 0.217 e. The Balaban J connectivity index is 1.85. The number of hydrogen-bond acceptors (Lipinski definition) is 10. The average molecular weight is 449 g/mol. The van der Waals surface area contributed by atoms with Crippen molar-refractivity contribution < 1.29 is 16.8 Å². The van der Waals surface area contributed by atoms with Gasteiger partial charge >= 0.3 is 0 Å². The van der Waals surface area contributed by atoms with Crippen molar-refractivity contribution in [3.8, 4) is 0 Å². The summed E-state index contributed by atoms with van der Waals surface area (Å²) < 4.78 is 53.1. The van der Waals surface area contributed by atoms with Gasteiger partial charge in [0.2, 0.25) is 19.7 Å². The van der Waals surface area contributed by atoms with Gasteiger partial charge in [-0.3, -0.25) is 0 Å². The second-order valence-electron chi connectivity index (χ2n) is 4.33. The van der Waals surface area contributed by atoms with Crippen LogP contribution in [0.3, 0.4) is 0 Å². The van der Waals surface area contributed by atoms with Crippen molar-refractivity contribution >= 4 is 90.2 Å². The summed E-state index contributed by atoms with van der Waals surface area (Å²) in [7, 11) is -7.33. The molecule has 0 aromatic carbocycles. The molecule has 4 rings (SSSR count). The second-order valence-corrected chi connectivity index (χ2v) is 16.0. The van der Waals surface area contributed by atoms with E-state index in [0.29, 0.717) is 8.47 Å². The third-order valence-electron chi connectivity index (χ3n) is 2.95. The van der Waals surface area contributed by atoms with Crippen LogP contribution in [0.15, 0.2) is 25.4 Å². The van der Waals surface area contributed by atoms with Gasteiger partial charge in [-0.05, 0) is 0 Å². The van der Waals surface area contributed by atoms with Crippen LogP contribution in [0.25, 0.3) is 0 Å². The van der Waals surface area contributed by atoms with E-state index in [9.17, 15) is 16.8 Å². The van der Waals surface area contributed by atoms with Crippen LogP contribution in [0.2, 0.25) is 0 Å². The van der Waals surface area contributed by atoms with Gasteiger partial charge in [-0.2, -0.15) is 0 Å². The van der Waals surface area contributed by atoms with E-state index >= 15 is 0 Å². The summed E-state index contributed by atoms with van der Waals surface area (Å²) in [5.74, 6) is 3.20. The third-order valence-corrected chi connectivity index (χ3v) is 17.9. The van der Waals surface area contributed by atoms with Crippen molar-refractivity contribution in [2.45, 2.75) is 0 Å². The predicted octanol–water partition coefficient (Wildman–Crippen LogP) is 3.65. The van der Waals surface area contributed by atoms with E-state index in [-0.39, 0.29) is 8.47 Å². The van der Waals surface area contributed by atoms with Crippen LogP contribution in [0.4, 0.5) is 0 Å². The summed E-state index contributed by atoms with van der Waals surface area (Å²) in [6.45, 7) is 0. The Kier molecular flexibility index (Phi) is 4.46. The third kappa shape index (κ3) is 2.47. The van der Waals surface area contributed by atoms with E-state index in [1.807, 2.05) is 0 Å². The highest BCUT2D eigenvalue weighted by atomic mass is 32.3. The highest BCUT2D eigenvalue weighted by molar-refractivity contribution is 8.43. The second kappa shape index (κ2) is 5.89. The van der Waals surface area contributed by atoms with Crippen molar-refractivity contribution in [3.63, 3.8) is 0 Å². The monoisotopic (exact) mass is 448 g/mol. The largest absolute Gasteiger partial charge is 0.222 e. The fraction of sp³-hybridized carbons (Fsp3) is 0.400. The molecule has 0 spiro atoms. The van der Waals surface area contributed by atoms with E-state index in [1.54, 1.807) is 0 Å². The highest BCUT2D eigenvalue weighted by Gasteiger charge is 2.47. The molecule has 0 saturated carbocycles. The molecule has 12 heteroatoms. The van der Waals surface area contributed by atoms with Crippen molar-refractivity contribution in [1.29, 1.82) is 0 Å². The molecule has 0 aromatic heterocycles. The Labute approximate surface area is 154 Å². The first kappa shape index (κ1) is 16.7. The van der Waals surface area contributed by atoms with Gasteiger partial charge in [-0.25, -0.2) is 16.8 Å². The normalized spacial score (nSPS) is 33.1. The van der Waals surface area contributed by atoms with Crippen molar-refractivity contribution in [2.24, 2.45) is 0 Å². The van der Waals surface area contributed by atoms with Crippen molar-refractivity contribution in [3.05, 3.63) is 25.4 Å². The molecule has 0 radical (unpaired) electrons. The maximum atomic E-state index is 12.7. The molecule has 0 atom stereocenters. The Morgan fingerprint density at radius 2 is 0.909 bits per heavy atom. The molecule has 0 aliphatic carbocycles. The fourth-order valence-corrected chi connectivity index (χ4v) is 17.7. The van der Waals surface area contributed by atoms with Crippen LogP contribution in [-0.2, 0) is 19.7 Å². The van der Waals surface area contributed by atoms with Gasteiger partial charge < -0.3 is 0 Å². The number of rotatable bonds is 0. The summed E-state index contributed by atoms with van der Waals surface area (Å²) in [4.78, 5) is 0. The van der Waals surface area contributed by atoms with E-state index in [1.165, 1.54) is 47.0 Å². The minimum Gasteiger partial charge on any atom is -0.217 e. The zero-order valence-electron chi connectivity index (χ0n) is 10.7. The first-order valence-electron chi connectivity index (χ1n) is 6.02. The molecule has 0 N–H and O–H groups in total. The summed E-state index contributed by atoms with van der Waals surface area (Å²) in [5, 5.41) is 0. The maximum Gasteiger partial charge on any atom is 0.222 e. The minimum atomic E-state index is -3.67. The van der Waals surface area contributed by atoms with E-state index in [2.05, 4.69) is 0 Å². The molecule has 4 heterocycles. The van der Waals surface area contributed by atoms with Crippen LogP contribution >= 0.6 is 70.6 Å². The fourth-order valence-electron chi connectivity index (χ4n) is 2.04. The molecule has 120 valence electrons. The lowest BCUT2D eigenvalue weighted by Crippen LogP contribution is -2.07. The van der Waals surface area contributed by atoms with E-state index < -0.39 is 19.7 Å².